The van der Waals surface area contributed by atoms with Gasteiger partial charge in [-0.1, -0.05) is 62.4 Å². The molecule has 0 spiro atoms. The largest absolute Gasteiger partial charge is 0.416 e. The van der Waals surface area contributed by atoms with E-state index in [1.807, 2.05) is 13.8 Å². The van der Waals surface area contributed by atoms with Crippen LogP contribution >= 0.6 is 0 Å². The van der Waals surface area contributed by atoms with Gasteiger partial charge >= 0.3 is 0 Å². The van der Waals surface area contributed by atoms with Crippen molar-refractivity contribution >= 4 is 34.5 Å². The van der Waals surface area contributed by atoms with Crippen molar-refractivity contribution in [2.24, 2.45) is 0 Å². The normalized spacial score (nSPS) is 13.0. The number of carbonyl (C=O) groups excluding carboxylic acids is 4. The number of nitrogens with zero attached hydrogens (tertiary/aromatic N) is 2. The molecule has 0 bridgehead atoms. The van der Waals surface area contributed by atoms with Gasteiger partial charge in [-0.25, -0.2) is 0 Å². The summed E-state index contributed by atoms with van der Waals surface area (Å²) >= 11 is 0. The molecule has 9 heteroatoms. The van der Waals surface area contributed by atoms with Crippen LogP contribution in [-0.2, 0) is 0 Å². The van der Waals surface area contributed by atoms with E-state index in [2.05, 4.69) is 10.2 Å². The molecule has 4 aromatic carbocycles. The van der Waals surface area contributed by atoms with E-state index in [9.17, 15) is 19.2 Å². The standard InChI is InChI=1S/C30H16N4O5.C2H6/c31-23-19(11-9-17-21(23)27(37)15-7-3-1-5-13(15)25(17)35)29-33-34-30(39-29)20-12-10-18-22(24(20)32)28(38)16-8-4-2-6-14(16)26(18)36;1-2/h1-12H,31-32H2;1-2H3. The van der Waals surface area contributed by atoms with Crippen LogP contribution in [0.15, 0.2) is 77.2 Å². The van der Waals surface area contributed by atoms with Crippen molar-refractivity contribution in [2.75, 3.05) is 11.5 Å². The first-order chi connectivity index (χ1) is 19.9. The molecule has 7 rings (SSSR count). The smallest absolute Gasteiger partial charge is 0.250 e. The van der Waals surface area contributed by atoms with Gasteiger partial charge in [-0.3, -0.25) is 19.2 Å². The molecule has 0 amide bonds. The molecule has 200 valence electrons. The highest BCUT2D eigenvalue weighted by Crippen LogP contribution is 2.39. The number of benzene rings is 4. The number of aromatic nitrogens is 2. The third kappa shape index (κ3) is 3.63. The van der Waals surface area contributed by atoms with Gasteiger partial charge in [-0.2, -0.15) is 0 Å². The van der Waals surface area contributed by atoms with Crippen LogP contribution in [0.4, 0.5) is 11.4 Å². The topological polar surface area (TPSA) is 159 Å². The van der Waals surface area contributed by atoms with E-state index in [0.29, 0.717) is 11.1 Å². The van der Waals surface area contributed by atoms with E-state index in [0.717, 1.165) is 0 Å². The molecule has 0 saturated heterocycles. The molecule has 0 saturated carbocycles. The Bertz CT molecular complexity index is 1830. The minimum Gasteiger partial charge on any atom is -0.416 e. The SMILES string of the molecule is CC.Nc1c(-c2nnc(-c3ccc4c(c3N)C(=O)c3ccccc3C4=O)o2)ccc2c1C(=O)c1ccccc1C2=O. The zero-order valence-corrected chi connectivity index (χ0v) is 22.0. The van der Waals surface area contributed by atoms with Crippen molar-refractivity contribution in [3.05, 3.63) is 117 Å². The summed E-state index contributed by atoms with van der Waals surface area (Å²) in [5.74, 6) is -1.36. The Labute approximate surface area is 233 Å². The second kappa shape index (κ2) is 9.49. The van der Waals surface area contributed by atoms with E-state index in [4.69, 9.17) is 15.9 Å². The van der Waals surface area contributed by atoms with Crippen molar-refractivity contribution < 1.29 is 23.6 Å². The van der Waals surface area contributed by atoms with Gasteiger partial charge in [0.05, 0.1) is 33.6 Å². The molecule has 9 nitrogen and oxygen atoms in total. The van der Waals surface area contributed by atoms with Gasteiger partial charge in [0.2, 0.25) is 11.8 Å². The van der Waals surface area contributed by atoms with Crippen molar-refractivity contribution in [3.63, 3.8) is 0 Å². The molecule has 0 fully saturated rings. The molecule has 5 aromatic rings. The third-order valence-electron chi connectivity index (χ3n) is 7.15. The number of rotatable bonds is 2. The van der Waals surface area contributed by atoms with Gasteiger partial charge < -0.3 is 15.9 Å². The molecule has 4 N–H and O–H groups in total. The Morgan fingerprint density at radius 3 is 1.15 bits per heavy atom. The van der Waals surface area contributed by atoms with Gasteiger partial charge in [-0.05, 0) is 24.3 Å². The number of nitrogen functional groups attached to an aromatic ring is 2. The Hall–Kier alpha value is -5.70. The summed E-state index contributed by atoms with van der Waals surface area (Å²) in [5, 5.41) is 8.17. The van der Waals surface area contributed by atoms with Crippen molar-refractivity contribution in [1.82, 2.24) is 10.2 Å². The zero-order chi connectivity index (χ0) is 29.0. The predicted octanol–water partition coefficient (Wildman–Crippen LogP) is 5.15. The lowest BCUT2D eigenvalue weighted by Gasteiger charge is -2.20. The maximum atomic E-state index is 13.2. The van der Waals surface area contributed by atoms with Crippen LogP contribution in [0.3, 0.4) is 0 Å². The fraction of sp³-hybridized carbons (Fsp3) is 0.0625. The number of fused-ring (bicyclic) bond motifs is 4. The molecule has 0 unspecified atom stereocenters. The fourth-order valence-electron chi connectivity index (χ4n) is 5.24. The molecule has 0 radical (unpaired) electrons. The number of carbonyl (C=O) groups is 4. The average Bonchev–Trinajstić information content (AvgIpc) is 3.49. The summed E-state index contributed by atoms with van der Waals surface area (Å²) in [4.78, 5) is 52.5. The molecule has 1 heterocycles. The minimum absolute atomic E-state index is 0.00530. The summed E-state index contributed by atoms with van der Waals surface area (Å²) in [6, 6.07) is 19.2. The molecule has 41 heavy (non-hydrogen) atoms. The summed E-state index contributed by atoms with van der Waals surface area (Å²) in [6.07, 6.45) is 0. The molecule has 0 atom stereocenters. The van der Waals surface area contributed by atoms with Crippen LogP contribution in [0.2, 0.25) is 0 Å². The second-order valence-electron chi connectivity index (χ2n) is 9.22. The van der Waals surface area contributed by atoms with Gasteiger partial charge in [0.15, 0.2) is 23.1 Å². The molecule has 0 aliphatic heterocycles. The molecule has 2 aliphatic rings. The Kier molecular flexibility index (Phi) is 5.92. The summed E-state index contributed by atoms with van der Waals surface area (Å²) in [7, 11) is 0. The van der Waals surface area contributed by atoms with Crippen LogP contribution in [0.25, 0.3) is 22.9 Å². The lowest BCUT2D eigenvalue weighted by atomic mass is 9.82. The van der Waals surface area contributed by atoms with Crippen LogP contribution < -0.4 is 11.5 Å². The van der Waals surface area contributed by atoms with E-state index >= 15 is 0 Å². The Morgan fingerprint density at radius 1 is 0.463 bits per heavy atom. The number of nitrogens with two attached hydrogens (primary N) is 2. The van der Waals surface area contributed by atoms with Gasteiger partial charge in [0.1, 0.15) is 0 Å². The van der Waals surface area contributed by atoms with Gasteiger partial charge in [0.25, 0.3) is 0 Å². The lowest BCUT2D eigenvalue weighted by Crippen LogP contribution is -2.22. The third-order valence-corrected chi connectivity index (χ3v) is 7.15. The predicted molar refractivity (Wildman–Crippen MR) is 152 cm³/mol. The summed E-state index contributed by atoms with van der Waals surface area (Å²) in [5.41, 5.74) is 15.1. The summed E-state index contributed by atoms with van der Waals surface area (Å²) < 4.78 is 5.89. The first-order valence-corrected chi connectivity index (χ1v) is 12.9. The highest BCUT2D eigenvalue weighted by Gasteiger charge is 2.34. The first kappa shape index (κ1) is 25.6. The maximum Gasteiger partial charge on any atom is 0.250 e. The van der Waals surface area contributed by atoms with Crippen LogP contribution in [0, 0.1) is 0 Å². The Morgan fingerprint density at radius 2 is 0.780 bits per heavy atom. The van der Waals surface area contributed by atoms with E-state index in [1.165, 1.54) is 12.1 Å². The molecular formula is C32H22N4O5. The van der Waals surface area contributed by atoms with Crippen molar-refractivity contribution in [1.29, 1.82) is 0 Å². The number of hydrogen-bond acceptors (Lipinski definition) is 9. The molecular weight excluding hydrogens is 520 g/mol. The molecule has 2 aliphatic carbocycles. The number of ketones is 4. The van der Waals surface area contributed by atoms with Crippen LogP contribution in [-0.4, -0.2) is 33.3 Å². The Balaban J connectivity index is 0.00000148. The number of hydrogen-bond donors (Lipinski definition) is 2. The zero-order valence-electron chi connectivity index (χ0n) is 22.0. The van der Waals surface area contributed by atoms with Crippen molar-refractivity contribution in [3.8, 4) is 22.9 Å². The minimum atomic E-state index is -0.373. The fourth-order valence-corrected chi connectivity index (χ4v) is 5.24. The van der Waals surface area contributed by atoms with E-state index < -0.39 is 0 Å². The second-order valence-corrected chi connectivity index (χ2v) is 9.22. The first-order valence-electron chi connectivity index (χ1n) is 12.9. The monoisotopic (exact) mass is 542 g/mol. The van der Waals surface area contributed by atoms with Crippen molar-refractivity contribution in [2.45, 2.75) is 13.8 Å². The summed E-state index contributed by atoms with van der Waals surface area (Å²) in [6.45, 7) is 4.00. The van der Waals surface area contributed by atoms with E-state index in [-0.39, 0.29) is 90.8 Å². The molecule has 1 aromatic heterocycles. The maximum absolute atomic E-state index is 13.2. The lowest BCUT2D eigenvalue weighted by molar-refractivity contribution is 0.0979. The van der Waals surface area contributed by atoms with Crippen LogP contribution in [0.1, 0.15) is 77.5 Å². The highest BCUT2D eigenvalue weighted by atomic mass is 16.4. The average molecular weight is 543 g/mol. The van der Waals surface area contributed by atoms with Crippen LogP contribution in [0.5, 0.6) is 0 Å². The van der Waals surface area contributed by atoms with Gasteiger partial charge in [-0.15, -0.1) is 10.2 Å². The highest BCUT2D eigenvalue weighted by molar-refractivity contribution is 6.31. The quantitative estimate of drug-likeness (QED) is 0.282. The van der Waals surface area contributed by atoms with Gasteiger partial charge in [0, 0.05) is 33.4 Å². The number of anilines is 2. The van der Waals surface area contributed by atoms with E-state index in [1.54, 1.807) is 60.7 Å².